The van der Waals surface area contributed by atoms with Crippen LogP contribution in [0.5, 0.6) is 0 Å². The third-order valence-corrected chi connectivity index (χ3v) is 5.54. The van der Waals surface area contributed by atoms with E-state index in [1.54, 1.807) is 11.6 Å². The summed E-state index contributed by atoms with van der Waals surface area (Å²) in [7, 11) is 1.69. The predicted octanol–water partition coefficient (Wildman–Crippen LogP) is 4.05. The van der Waals surface area contributed by atoms with Crippen LogP contribution in [0.3, 0.4) is 0 Å². The molecule has 1 N–H and O–H groups in total. The number of nitrogens with zero attached hydrogens (tertiary/aromatic N) is 5. The number of tetrazole rings is 1. The van der Waals surface area contributed by atoms with Crippen LogP contribution in [-0.2, 0) is 11.3 Å². The van der Waals surface area contributed by atoms with Gasteiger partial charge >= 0.3 is 0 Å². The number of rotatable bonds is 6. The van der Waals surface area contributed by atoms with E-state index in [9.17, 15) is 0 Å². The first-order valence-corrected chi connectivity index (χ1v) is 10.6. The topological polar surface area (TPSA) is 67.6 Å². The van der Waals surface area contributed by atoms with Gasteiger partial charge in [0.15, 0.2) is 10.8 Å². The first-order valence-electron chi connectivity index (χ1n) is 10.2. The summed E-state index contributed by atoms with van der Waals surface area (Å²) in [6, 6.07) is 14.7. The maximum Gasteiger partial charge on any atom is 0.184 e. The number of methoxy groups -OCH3 is 1. The molecule has 0 aliphatic heterocycles. The summed E-state index contributed by atoms with van der Waals surface area (Å²) < 4.78 is 7.12. The Morgan fingerprint density at radius 3 is 2.58 bits per heavy atom. The van der Waals surface area contributed by atoms with Gasteiger partial charge in [0.25, 0.3) is 0 Å². The number of hydrogen-bond donors (Lipinski definition) is 1. The van der Waals surface area contributed by atoms with Gasteiger partial charge in [0.1, 0.15) is 0 Å². The molecule has 0 saturated heterocycles. The van der Waals surface area contributed by atoms with Crippen molar-refractivity contribution in [1.82, 2.24) is 24.9 Å². The smallest absolute Gasteiger partial charge is 0.184 e. The van der Waals surface area contributed by atoms with E-state index in [4.69, 9.17) is 17.0 Å². The maximum atomic E-state index is 5.78. The summed E-state index contributed by atoms with van der Waals surface area (Å²) in [5, 5.41) is 17.5. The van der Waals surface area contributed by atoms with Gasteiger partial charge < -0.3 is 15.0 Å². The van der Waals surface area contributed by atoms with Crippen LogP contribution in [0.15, 0.2) is 42.5 Å². The Hall–Kier alpha value is -3.10. The van der Waals surface area contributed by atoms with Crippen molar-refractivity contribution in [2.75, 3.05) is 25.6 Å². The van der Waals surface area contributed by atoms with Crippen LogP contribution >= 0.6 is 12.2 Å². The SMILES string of the molecule is COCCN(Cc1cc2cc(C)ccc2n2nnnc12)C(=S)Nc1cc(C)cc(C)c1. The number of fused-ring (bicyclic) bond motifs is 3. The molecule has 0 bridgehead atoms. The van der Waals surface area contributed by atoms with Crippen molar-refractivity contribution < 1.29 is 4.74 Å². The van der Waals surface area contributed by atoms with Crippen LogP contribution in [-0.4, -0.2) is 50.3 Å². The molecular weight excluding hydrogens is 408 g/mol. The molecule has 2 aromatic carbocycles. The molecule has 4 rings (SSSR count). The molecular formula is C23H26N6OS. The number of ether oxygens (including phenoxy) is 1. The van der Waals surface area contributed by atoms with Crippen LogP contribution in [0.4, 0.5) is 5.69 Å². The first kappa shape index (κ1) is 21.1. The molecule has 31 heavy (non-hydrogen) atoms. The molecule has 0 amide bonds. The molecule has 2 heterocycles. The highest BCUT2D eigenvalue weighted by atomic mass is 32.1. The van der Waals surface area contributed by atoms with Crippen LogP contribution in [0.2, 0.25) is 0 Å². The predicted molar refractivity (Wildman–Crippen MR) is 127 cm³/mol. The van der Waals surface area contributed by atoms with Crippen LogP contribution < -0.4 is 5.32 Å². The minimum Gasteiger partial charge on any atom is -0.383 e. The van der Waals surface area contributed by atoms with Gasteiger partial charge in [-0.05, 0) is 84.9 Å². The molecule has 0 radical (unpaired) electrons. The molecule has 0 spiro atoms. The van der Waals surface area contributed by atoms with Crippen molar-refractivity contribution in [3.63, 3.8) is 0 Å². The fourth-order valence-corrected chi connectivity index (χ4v) is 4.08. The van der Waals surface area contributed by atoms with Gasteiger partial charge in [0.05, 0.1) is 12.1 Å². The normalized spacial score (nSPS) is 11.2. The van der Waals surface area contributed by atoms with Gasteiger partial charge in [-0.3, -0.25) is 0 Å². The highest BCUT2D eigenvalue weighted by molar-refractivity contribution is 7.80. The molecule has 160 valence electrons. The van der Waals surface area contributed by atoms with E-state index in [0.717, 1.165) is 27.8 Å². The van der Waals surface area contributed by atoms with E-state index >= 15 is 0 Å². The number of pyridine rings is 1. The number of benzene rings is 2. The standard InChI is InChI=1S/C23H26N6OS/c1-15-5-6-21-18(10-15)13-19(22-25-26-27-29(21)22)14-28(7-8-30-4)23(31)24-20-11-16(2)9-17(3)12-20/h5-6,9-13H,7-8,14H2,1-4H3,(H,24,31). The van der Waals surface area contributed by atoms with Crippen molar-refractivity contribution in [1.29, 1.82) is 0 Å². The minimum atomic E-state index is 0.558. The van der Waals surface area contributed by atoms with Crippen molar-refractivity contribution in [3.8, 4) is 0 Å². The van der Waals surface area contributed by atoms with Crippen molar-refractivity contribution in [2.24, 2.45) is 0 Å². The van der Waals surface area contributed by atoms with Crippen LogP contribution in [0, 0.1) is 20.8 Å². The summed E-state index contributed by atoms with van der Waals surface area (Å²) in [6.45, 7) is 8.01. The zero-order valence-electron chi connectivity index (χ0n) is 18.2. The summed E-state index contributed by atoms with van der Waals surface area (Å²) in [5.74, 6) is 0. The number of nitrogens with one attached hydrogen (secondary N) is 1. The lowest BCUT2D eigenvalue weighted by atomic mass is 10.1. The minimum absolute atomic E-state index is 0.558. The highest BCUT2D eigenvalue weighted by Gasteiger charge is 2.16. The van der Waals surface area contributed by atoms with Gasteiger partial charge in [-0.1, -0.05) is 17.7 Å². The Morgan fingerprint density at radius 1 is 1.06 bits per heavy atom. The lowest BCUT2D eigenvalue weighted by molar-refractivity contribution is 0.175. The summed E-state index contributed by atoms with van der Waals surface area (Å²) in [4.78, 5) is 2.09. The van der Waals surface area contributed by atoms with Gasteiger partial charge in [-0.15, -0.1) is 5.10 Å². The maximum absolute atomic E-state index is 5.78. The lowest BCUT2D eigenvalue weighted by Crippen LogP contribution is -2.36. The van der Waals surface area contributed by atoms with Gasteiger partial charge in [0, 0.05) is 36.8 Å². The van der Waals surface area contributed by atoms with Gasteiger partial charge in [-0.25, -0.2) is 0 Å². The number of aryl methyl sites for hydroxylation is 3. The quantitative estimate of drug-likeness (QED) is 0.459. The second-order valence-electron chi connectivity index (χ2n) is 7.87. The summed E-state index contributed by atoms with van der Waals surface area (Å²) in [5.41, 5.74) is 7.26. The van der Waals surface area contributed by atoms with E-state index in [-0.39, 0.29) is 0 Å². The average molecular weight is 435 g/mol. The van der Waals surface area contributed by atoms with Crippen LogP contribution in [0.25, 0.3) is 16.6 Å². The Balaban J connectivity index is 1.67. The van der Waals surface area contributed by atoms with Crippen molar-refractivity contribution >= 4 is 39.6 Å². The molecule has 0 atom stereocenters. The molecule has 4 aromatic rings. The molecule has 0 saturated carbocycles. The van der Waals surface area contributed by atoms with E-state index in [1.165, 1.54) is 16.7 Å². The second kappa shape index (κ2) is 8.95. The Morgan fingerprint density at radius 2 is 1.84 bits per heavy atom. The largest absolute Gasteiger partial charge is 0.383 e. The first-order chi connectivity index (χ1) is 14.9. The van der Waals surface area contributed by atoms with E-state index in [1.807, 2.05) is 6.07 Å². The molecule has 0 aliphatic carbocycles. The average Bonchev–Trinajstić information content (AvgIpc) is 3.20. The van der Waals surface area contributed by atoms with E-state index < -0.39 is 0 Å². The zero-order chi connectivity index (χ0) is 22.0. The fourth-order valence-electron chi connectivity index (χ4n) is 3.81. The third-order valence-electron chi connectivity index (χ3n) is 5.18. The van der Waals surface area contributed by atoms with Crippen molar-refractivity contribution in [2.45, 2.75) is 27.3 Å². The molecule has 0 unspecified atom stereocenters. The second-order valence-corrected chi connectivity index (χ2v) is 8.25. The summed E-state index contributed by atoms with van der Waals surface area (Å²) >= 11 is 5.78. The lowest BCUT2D eigenvalue weighted by Gasteiger charge is -2.26. The number of thiocarbonyl (C=S) groups is 1. The number of hydrogen-bond acceptors (Lipinski definition) is 5. The number of anilines is 1. The molecule has 2 aromatic heterocycles. The zero-order valence-corrected chi connectivity index (χ0v) is 19.0. The fraction of sp³-hybridized carbons (Fsp3) is 0.304. The Kier molecular flexibility index (Phi) is 6.11. The number of aromatic nitrogens is 4. The molecule has 7 nitrogen and oxygen atoms in total. The van der Waals surface area contributed by atoms with Crippen molar-refractivity contribution in [3.05, 3.63) is 64.7 Å². The molecule has 0 aliphatic rings. The highest BCUT2D eigenvalue weighted by Crippen LogP contribution is 2.22. The van der Waals surface area contributed by atoms with E-state index in [0.29, 0.717) is 24.8 Å². The van der Waals surface area contributed by atoms with Crippen LogP contribution in [0.1, 0.15) is 22.3 Å². The molecule has 8 heteroatoms. The summed E-state index contributed by atoms with van der Waals surface area (Å²) in [6.07, 6.45) is 0. The Labute approximate surface area is 187 Å². The van der Waals surface area contributed by atoms with Gasteiger partial charge in [-0.2, -0.15) is 4.52 Å². The van der Waals surface area contributed by atoms with Gasteiger partial charge in [0.2, 0.25) is 0 Å². The monoisotopic (exact) mass is 434 g/mol. The van der Waals surface area contributed by atoms with E-state index in [2.05, 4.69) is 82.9 Å². The molecule has 0 fully saturated rings. The Bertz CT molecular complexity index is 1230. The third kappa shape index (κ3) is 4.65.